The fourth-order valence-corrected chi connectivity index (χ4v) is 1.30. The van der Waals surface area contributed by atoms with Gasteiger partial charge in [0.15, 0.2) is 0 Å². The molecule has 1 N–H and O–H groups in total. The van der Waals surface area contributed by atoms with Crippen molar-refractivity contribution >= 4 is 11.6 Å². The molecule has 0 aliphatic carbocycles. The summed E-state index contributed by atoms with van der Waals surface area (Å²) in [6.45, 7) is 3.13. The van der Waals surface area contributed by atoms with Crippen molar-refractivity contribution < 1.29 is 9.53 Å². The average molecular weight is 232 g/mol. The molecule has 0 saturated heterocycles. The number of nitriles is 1. The standard InChI is InChI=1S/C13H16N2O2/c1-2-7-17-8-6-13(16)15-12-5-3-4-11(9-12)10-14/h3-5,9H,2,6-8H2,1H3,(H,15,16). The number of nitrogens with zero attached hydrogens (tertiary/aromatic N) is 1. The molecule has 1 aromatic carbocycles. The van der Waals surface area contributed by atoms with E-state index in [9.17, 15) is 4.79 Å². The Morgan fingerprint density at radius 2 is 2.29 bits per heavy atom. The first-order valence-corrected chi connectivity index (χ1v) is 5.64. The molecular formula is C13H16N2O2. The van der Waals surface area contributed by atoms with Crippen LogP contribution in [0.2, 0.25) is 0 Å². The van der Waals surface area contributed by atoms with Crippen LogP contribution in [0.3, 0.4) is 0 Å². The van der Waals surface area contributed by atoms with E-state index in [-0.39, 0.29) is 5.91 Å². The van der Waals surface area contributed by atoms with Gasteiger partial charge in [0.1, 0.15) is 0 Å². The number of anilines is 1. The van der Waals surface area contributed by atoms with Crippen molar-refractivity contribution in [3.63, 3.8) is 0 Å². The molecule has 0 aliphatic rings. The first kappa shape index (κ1) is 13.2. The average Bonchev–Trinajstić information content (AvgIpc) is 2.35. The quantitative estimate of drug-likeness (QED) is 0.765. The highest BCUT2D eigenvalue weighted by molar-refractivity contribution is 5.90. The van der Waals surface area contributed by atoms with Crippen LogP contribution in [0.4, 0.5) is 5.69 Å². The van der Waals surface area contributed by atoms with Gasteiger partial charge < -0.3 is 10.1 Å². The summed E-state index contributed by atoms with van der Waals surface area (Å²) < 4.78 is 5.22. The van der Waals surface area contributed by atoms with E-state index in [0.29, 0.717) is 30.9 Å². The molecule has 1 amide bonds. The molecule has 90 valence electrons. The van der Waals surface area contributed by atoms with Crippen molar-refractivity contribution in [2.24, 2.45) is 0 Å². The lowest BCUT2D eigenvalue weighted by molar-refractivity contribution is -0.117. The van der Waals surface area contributed by atoms with E-state index in [4.69, 9.17) is 10.00 Å². The summed E-state index contributed by atoms with van der Waals surface area (Å²) in [7, 11) is 0. The third kappa shape index (κ3) is 5.14. The summed E-state index contributed by atoms with van der Waals surface area (Å²) in [6, 6.07) is 8.86. The molecular weight excluding hydrogens is 216 g/mol. The van der Waals surface area contributed by atoms with Crippen molar-refractivity contribution in [1.29, 1.82) is 5.26 Å². The highest BCUT2D eigenvalue weighted by atomic mass is 16.5. The number of benzene rings is 1. The van der Waals surface area contributed by atoms with Gasteiger partial charge in [0.05, 0.1) is 24.7 Å². The minimum atomic E-state index is -0.101. The molecule has 17 heavy (non-hydrogen) atoms. The van der Waals surface area contributed by atoms with Crippen molar-refractivity contribution in [3.05, 3.63) is 29.8 Å². The molecule has 1 aromatic rings. The van der Waals surface area contributed by atoms with E-state index in [1.54, 1.807) is 24.3 Å². The zero-order chi connectivity index (χ0) is 12.5. The van der Waals surface area contributed by atoms with Gasteiger partial charge >= 0.3 is 0 Å². The maximum Gasteiger partial charge on any atom is 0.226 e. The van der Waals surface area contributed by atoms with Gasteiger partial charge in [0.2, 0.25) is 5.91 Å². The molecule has 0 fully saturated rings. The SMILES string of the molecule is CCCOCCC(=O)Nc1cccc(C#N)c1. The molecule has 1 rings (SSSR count). The van der Waals surface area contributed by atoms with Crippen molar-refractivity contribution in [2.45, 2.75) is 19.8 Å². The number of nitrogens with one attached hydrogen (secondary N) is 1. The number of carbonyl (C=O) groups is 1. The third-order valence-corrected chi connectivity index (χ3v) is 2.10. The van der Waals surface area contributed by atoms with Crippen LogP contribution in [-0.4, -0.2) is 19.1 Å². The molecule has 0 radical (unpaired) electrons. The third-order valence-electron chi connectivity index (χ3n) is 2.10. The molecule has 4 nitrogen and oxygen atoms in total. The Hall–Kier alpha value is -1.86. The normalized spacial score (nSPS) is 9.65. The monoisotopic (exact) mass is 232 g/mol. The van der Waals surface area contributed by atoms with Crippen LogP contribution in [-0.2, 0) is 9.53 Å². The van der Waals surface area contributed by atoms with E-state index in [0.717, 1.165) is 6.42 Å². The molecule has 0 heterocycles. The molecule has 0 spiro atoms. The molecule has 0 saturated carbocycles. The fourth-order valence-electron chi connectivity index (χ4n) is 1.30. The smallest absolute Gasteiger partial charge is 0.226 e. The van der Waals surface area contributed by atoms with Gasteiger partial charge in [0, 0.05) is 12.3 Å². The van der Waals surface area contributed by atoms with Crippen molar-refractivity contribution in [2.75, 3.05) is 18.5 Å². The highest BCUT2D eigenvalue weighted by Crippen LogP contribution is 2.09. The highest BCUT2D eigenvalue weighted by Gasteiger charge is 2.02. The van der Waals surface area contributed by atoms with Crippen LogP contribution in [0, 0.1) is 11.3 Å². The zero-order valence-electron chi connectivity index (χ0n) is 9.90. The minimum Gasteiger partial charge on any atom is -0.381 e. The lowest BCUT2D eigenvalue weighted by atomic mass is 10.2. The Labute approximate surface area is 101 Å². The van der Waals surface area contributed by atoms with E-state index < -0.39 is 0 Å². The van der Waals surface area contributed by atoms with E-state index in [1.165, 1.54) is 0 Å². The Bertz CT molecular complexity index is 410. The van der Waals surface area contributed by atoms with Gasteiger partial charge in [-0.3, -0.25) is 4.79 Å². The number of rotatable bonds is 6. The van der Waals surface area contributed by atoms with Gasteiger partial charge in [-0.1, -0.05) is 13.0 Å². The van der Waals surface area contributed by atoms with Crippen LogP contribution in [0.15, 0.2) is 24.3 Å². The van der Waals surface area contributed by atoms with Crippen LogP contribution < -0.4 is 5.32 Å². The first-order valence-electron chi connectivity index (χ1n) is 5.64. The predicted molar refractivity (Wildman–Crippen MR) is 65.5 cm³/mol. The number of hydrogen-bond donors (Lipinski definition) is 1. The van der Waals surface area contributed by atoms with E-state index >= 15 is 0 Å². The number of carbonyl (C=O) groups excluding carboxylic acids is 1. The molecule has 0 unspecified atom stereocenters. The van der Waals surface area contributed by atoms with Crippen molar-refractivity contribution in [1.82, 2.24) is 0 Å². The zero-order valence-corrected chi connectivity index (χ0v) is 9.90. The Morgan fingerprint density at radius 3 is 3.00 bits per heavy atom. The van der Waals surface area contributed by atoms with Crippen LogP contribution >= 0.6 is 0 Å². The van der Waals surface area contributed by atoms with Crippen LogP contribution in [0.5, 0.6) is 0 Å². The molecule has 0 aromatic heterocycles. The number of hydrogen-bond acceptors (Lipinski definition) is 3. The van der Waals surface area contributed by atoms with Gasteiger partial charge in [-0.15, -0.1) is 0 Å². The first-order chi connectivity index (χ1) is 8.26. The second-order valence-electron chi connectivity index (χ2n) is 3.60. The van der Waals surface area contributed by atoms with Gasteiger partial charge in [0.25, 0.3) is 0 Å². The van der Waals surface area contributed by atoms with Crippen molar-refractivity contribution in [3.8, 4) is 6.07 Å². The lowest BCUT2D eigenvalue weighted by Crippen LogP contribution is -2.14. The Kier molecular flexibility index (Phi) is 5.76. The molecule has 0 atom stereocenters. The predicted octanol–water partition coefficient (Wildman–Crippen LogP) is 2.31. The summed E-state index contributed by atoms with van der Waals surface area (Å²) in [4.78, 5) is 11.5. The van der Waals surface area contributed by atoms with Gasteiger partial charge in [-0.05, 0) is 24.6 Å². The fraction of sp³-hybridized carbons (Fsp3) is 0.385. The summed E-state index contributed by atoms with van der Waals surface area (Å²) >= 11 is 0. The molecule has 0 bridgehead atoms. The maximum absolute atomic E-state index is 11.5. The number of ether oxygens (including phenoxy) is 1. The van der Waals surface area contributed by atoms with Crippen LogP contribution in [0.25, 0.3) is 0 Å². The summed E-state index contributed by atoms with van der Waals surface area (Å²) in [5.74, 6) is -0.101. The Morgan fingerprint density at radius 1 is 1.47 bits per heavy atom. The van der Waals surface area contributed by atoms with Crippen LogP contribution in [0.1, 0.15) is 25.3 Å². The summed E-state index contributed by atoms with van der Waals surface area (Å²) in [6.07, 6.45) is 1.28. The summed E-state index contributed by atoms with van der Waals surface area (Å²) in [5, 5.41) is 11.4. The summed E-state index contributed by atoms with van der Waals surface area (Å²) in [5.41, 5.74) is 1.18. The topological polar surface area (TPSA) is 62.1 Å². The molecule has 4 heteroatoms. The maximum atomic E-state index is 11.5. The number of amides is 1. The largest absolute Gasteiger partial charge is 0.381 e. The minimum absolute atomic E-state index is 0.101. The second kappa shape index (κ2) is 7.42. The van der Waals surface area contributed by atoms with Gasteiger partial charge in [-0.2, -0.15) is 5.26 Å². The Balaban J connectivity index is 2.37. The van der Waals surface area contributed by atoms with E-state index in [2.05, 4.69) is 5.32 Å². The van der Waals surface area contributed by atoms with E-state index in [1.807, 2.05) is 13.0 Å². The molecule has 0 aliphatic heterocycles. The second-order valence-corrected chi connectivity index (χ2v) is 3.60. The van der Waals surface area contributed by atoms with Gasteiger partial charge in [-0.25, -0.2) is 0 Å². The lowest BCUT2D eigenvalue weighted by Gasteiger charge is -2.05.